The number of benzene rings is 2. The molecule has 0 aliphatic heterocycles. The monoisotopic (exact) mass is 325 g/mol. The highest BCUT2D eigenvalue weighted by molar-refractivity contribution is 5.90. The Balaban J connectivity index is 2.13. The van der Waals surface area contributed by atoms with Crippen molar-refractivity contribution in [2.24, 2.45) is 0 Å². The van der Waals surface area contributed by atoms with Crippen LogP contribution in [0.15, 0.2) is 42.5 Å². The summed E-state index contributed by atoms with van der Waals surface area (Å²) in [5, 5.41) is 0. The largest absolute Gasteiger partial charge is 0.496 e. The van der Waals surface area contributed by atoms with Crippen LogP contribution in [0, 0.1) is 0 Å². The first-order chi connectivity index (χ1) is 11.3. The smallest absolute Gasteiger partial charge is 0.338 e. The molecule has 125 valence electrons. The minimum atomic E-state index is -0.394. The molecule has 2 aromatic carbocycles. The molecule has 2 rings (SSSR count). The first kappa shape index (κ1) is 17.7. The molecule has 0 saturated heterocycles. The third-order valence-electron chi connectivity index (χ3n) is 3.68. The molecule has 0 spiro atoms. The van der Waals surface area contributed by atoms with Gasteiger partial charge < -0.3 is 9.47 Å². The summed E-state index contributed by atoms with van der Waals surface area (Å²) in [4.78, 5) is 22.8. The van der Waals surface area contributed by atoms with Crippen LogP contribution in [0.1, 0.15) is 47.8 Å². The molecule has 24 heavy (non-hydrogen) atoms. The van der Waals surface area contributed by atoms with Crippen molar-refractivity contribution in [2.75, 3.05) is 7.11 Å². The lowest BCUT2D eigenvalue weighted by molar-refractivity contribution is 0.0472. The van der Waals surface area contributed by atoms with Crippen LogP contribution in [0.5, 0.6) is 5.75 Å². The Morgan fingerprint density at radius 1 is 1.08 bits per heavy atom. The number of hydrogen-bond acceptors (Lipinski definition) is 4. The summed E-state index contributed by atoms with van der Waals surface area (Å²) in [6.07, 6.45) is 1.81. The molecular formula is C20H21O4. The quantitative estimate of drug-likeness (QED) is 0.785. The van der Waals surface area contributed by atoms with Crippen LogP contribution in [-0.4, -0.2) is 19.4 Å². The van der Waals surface area contributed by atoms with Gasteiger partial charge >= 0.3 is 5.97 Å². The first-order valence-corrected chi connectivity index (χ1v) is 7.68. The van der Waals surface area contributed by atoms with Crippen LogP contribution in [0.2, 0.25) is 0 Å². The van der Waals surface area contributed by atoms with Gasteiger partial charge in [-0.15, -0.1) is 0 Å². The molecular weight excluding hydrogens is 304 g/mol. The van der Waals surface area contributed by atoms with Crippen LogP contribution in [0.25, 0.3) is 0 Å². The molecule has 0 aliphatic carbocycles. The number of esters is 1. The number of carbonyl (C=O) groups excluding carboxylic acids is 2. The predicted molar refractivity (Wildman–Crippen MR) is 92.1 cm³/mol. The molecule has 4 nitrogen and oxygen atoms in total. The highest BCUT2D eigenvalue weighted by Crippen LogP contribution is 2.32. The molecule has 2 aromatic rings. The van der Waals surface area contributed by atoms with Gasteiger partial charge in [0.1, 0.15) is 12.4 Å². The van der Waals surface area contributed by atoms with E-state index in [2.05, 4.69) is 20.8 Å². The topological polar surface area (TPSA) is 52.6 Å². The highest BCUT2D eigenvalue weighted by atomic mass is 16.5. The standard InChI is InChI=1S/C20H21O4/c1-20(2,3)17-11-16(9-10-18(17)23-4)19(22)24-13-15-7-5-14(12-21)6-8-15/h5-11H,13H2,1-4H3. The van der Waals surface area contributed by atoms with Crippen molar-refractivity contribution in [1.29, 1.82) is 0 Å². The van der Waals surface area contributed by atoms with E-state index in [0.717, 1.165) is 16.9 Å². The van der Waals surface area contributed by atoms with Crippen molar-refractivity contribution in [2.45, 2.75) is 32.8 Å². The number of rotatable bonds is 5. The van der Waals surface area contributed by atoms with Crippen molar-refractivity contribution < 1.29 is 19.1 Å². The van der Waals surface area contributed by atoms with E-state index in [0.29, 0.717) is 11.1 Å². The second-order valence-corrected chi connectivity index (χ2v) is 6.54. The van der Waals surface area contributed by atoms with Crippen LogP contribution in [0.4, 0.5) is 0 Å². The highest BCUT2D eigenvalue weighted by Gasteiger charge is 2.21. The molecule has 0 saturated carbocycles. The molecule has 0 bridgehead atoms. The Morgan fingerprint density at radius 3 is 2.29 bits per heavy atom. The average molecular weight is 325 g/mol. The predicted octanol–water partition coefficient (Wildman–Crippen LogP) is 3.81. The van der Waals surface area contributed by atoms with Crippen molar-refractivity contribution >= 4 is 12.3 Å². The third kappa shape index (κ3) is 4.22. The Morgan fingerprint density at radius 2 is 1.75 bits per heavy atom. The van der Waals surface area contributed by atoms with E-state index in [4.69, 9.17) is 9.47 Å². The zero-order valence-electron chi connectivity index (χ0n) is 14.4. The fraction of sp³-hybridized carbons (Fsp3) is 0.300. The van der Waals surface area contributed by atoms with Gasteiger partial charge in [0.15, 0.2) is 0 Å². The SMILES string of the molecule is COc1ccc(C(=O)OCc2ccc([C]=O)cc2)cc1C(C)(C)C. The lowest BCUT2D eigenvalue weighted by Gasteiger charge is -2.22. The zero-order valence-corrected chi connectivity index (χ0v) is 14.4. The van der Waals surface area contributed by atoms with E-state index < -0.39 is 5.97 Å². The lowest BCUT2D eigenvalue weighted by Crippen LogP contribution is -2.15. The fourth-order valence-electron chi connectivity index (χ4n) is 2.32. The van der Waals surface area contributed by atoms with Crippen LogP contribution < -0.4 is 4.74 Å². The molecule has 0 aliphatic rings. The molecule has 1 radical (unpaired) electrons. The minimum Gasteiger partial charge on any atom is -0.496 e. The third-order valence-corrected chi connectivity index (χ3v) is 3.68. The van der Waals surface area contributed by atoms with Crippen molar-refractivity contribution in [3.63, 3.8) is 0 Å². The Bertz CT molecular complexity index is 724. The number of hydrogen-bond donors (Lipinski definition) is 0. The van der Waals surface area contributed by atoms with E-state index >= 15 is 0 Å². The summed E-state index contributed by atoms with van der Waals surface area (Å²) in [5.41, 5.74) is 2.56. The van der Waals surface area contributed by atoms with Crippen molar-refractivity contribution in [3.05, 3.63) is 64.7 Å². The fourth-order valence-corrected chi connectivity index (χ4v) is 2.32. The van der Waals surface area contributed by atoms with Gasteiger partial charge in [-0.1, -0.05) is 45.0 Å². The van der Waals surface area contributed by atoms with E-state index in [1.54, 1.807) is 49.8 Å². The lowest BCUT2D eigenvalue weighted by atomic mass is 9.85. The number of methoxy groups -OCH3 is 1. The van der Waals surface area contributed by atoms with Crippen molar-refractivity contribution in [3.8, 4) is 5.75 Å². The normalized spacial score (nSPS) is 11.0. The van der Waals surface area contributed by atoms with Gasteiger partial charge in [-0.05, 0) is 29.2 Å². The number of carbonyl (C=O) groups is 1. The maximum Gasteiger partial charge on any atom is 0.338 e. The summed E-state index contributed by atoms with van der Waals surface area (Å²) < 4.78 is 10.7. The molecule has 0 unspecified atom stereocenters. The molecule has 0 amide bonds. The number of ether oxygens (including phenoxy) is 2. The van der Waals surface area contributed by atoms with E-state index in [1.165, 1.54) is 0 Å². The van der Waals surface area contributed by atoms with Crippen LogP contribution >= 0.6 is 0 Å². The van der Waals surface area contributed by atoms with Crippen LogP contribution in [-0.2, 0) is 21.6 Å². The Kier molecular flexibility index (Phi) is 5.39. The van der Waals surface area contributed by atoms with Gasteiger partial charge in [-0.3, -0.25) is 4.79 Å². The summed E-state index contributed by atoms with van der Waals surface area (Å²) >= 11 is 0. The van der Waals surface area contributed by atoms with Crippen molar-refractivity contribution in [1.82, 2.24) is 0 Å². The Hall–Kier alpha value is -2.62. The summed E-state index contributed by atoms with van der Waals surface area (Å²) in [6, 6.07) is 12.0. The molecule has 0 aromatic heterocycles. The molecule has 4 heteroatoms. The summed E-state index contributed by atoms with van der Waals surface area (Å²) in [6.45, 7) is 6.33. The second kappa shape index (κ2) is 7.30. The summed E-state index contributed by atoms with van der Waals surface area (Å²) in [7, 11) is 1.61. The van der Waals surface area contributed by atoms with Gasteiger partial charge in [-0.25, -0.2) is 4.79 Å². The van der Waals surface area contributed by atoms with E-state index in [1.807, 2.05) is 6.07 Å². The van der Waals surface area contributed by atoms with Gasteiger partial charge in [0.2, 0.25) is 6.29 Å². The van der Waals surface area contributed by atoms with E-state index in [-0.39, 0.29) is 12.0 Å². The summed E-state index contributed by atoms with van der Waals surface area (Å²) in [5.74, 6) is 0.355. The van der Waals surface area contributed by atoms with Gasteiger partial charge in [0.05, 0.1) is 12.7 Å². The zero-order chi connectivity index (χ0) is 17.7. The maximum atomic E-state index is 12.3. The minimum absolute atomic E-state index is 0.148. The van der Waals surface area contributed by atoms with Crippen LogP contribution in [0.3, 0.4) is 0 Å². The molecule has 0 fully saturated rings. The Labute approximate surface area is 142 Å². The van der Waals surface area contributed by atoms with Gasteiger partial charge in [0.25, 0.3) is 0 Å². The first-order valence-electron chi connectivity index (χ1n) is 7.68. The molecule has 0 N–H and O–H groups in total. The second-order valence-electron chi connectivity index (χ2n) is 6.54. The maximum absolute atomic E-state index is 12.3. The van der Waals surface area contributed by atoms with Gasteiger partial charge in [0, 0.05) is 11.1 Å². The molecule has 0 atom stereocenters. The van der Waals surface area contributed by atoms with E-state index in [9.17, 15) is 9.59 Å². The molecule has 0 heterocycles. The van der Waals surface area contributed by atoms with Gasteiger partial charge in [-0.2, -0.15) is 0 Å². The average Bonchev–Trinajstić information content (AvgIpc) is 2.58.